The van der Waals surface area contributed by atoms with Crippen molar-refractivity contribution in [3.63, 3.8) is 0 Å². The summed E-state index contributed by atoms with van der Waals surface area (Å²) in [6, 6.07) is 0. The van der Waals surface area contributed by atoms with E-state index in [0.717, 1.165) is 0 Å². The van der Waals surface area contributed by atoms with E-state index in [2.05, 4.69) is 47.8 Å². The van der Waals surface area contributed by atoms with Gasteiger partial charge >= 0.3 is 0 Å². The van der Waals surface area contributed by atoms with Crippen molar-refractivity contribution in [2.45, 2.75) is 37.5 Å². The summed E-state index contributed by atoms with van der Waals surface area (Å²) in [6.07, 6.45) is 5.17. The zero-order valence-electron chi connectivity index (χ0n) is 9.51. The zero-order valence-corrected chi connectivity index (χ0v) is 9.51. The molecule has 0 aromatic carbocycles. The van der Waals surface area contributed by atoms with Crippen LogP contribution in [0.4, 0.5) is 0 Å². The van der Waals surface area contributed by atoms with Gasteiger partial charge in [-0.05, 0) is 28.2 Å². The van der Waals surface area contributed by atoms with Crippen molar-refractivity contribution in [2.75, 3.05) is 28.2 Å². The van der Waals surface area contributed by atoms with E-state index in [1.54, 1.807) is 0 Å². The maximum atomic E-state index is 2.53. The maximum Gasteiger partial charge on any atom is 0.0671 e. The Morgan fingerprint density at radius 2 is 0.786 bits per heavy atom. The van der Waals surface area contributed by atoms with Gasteiger partial charge < -0.3 is 0 Å². The van der Waals surface area contributed by atoms with Crippen molar-refractivity contribution in [1.82, 2.24) is 19.6 Å². The van der Waals surface area contributed by atoms with Crippen LogP contribution in [0.2, 0.25) is 0 Å². The van der Waals surface area contributed by atoms with Gasteiger partial charge in [0.15, 0.2) is 0 Å². The monoisotopic (exact) mass is 196 g/mol. The van der Waals surface area contributed by atoms with Crippen molar-refractivity contribution < 1.29 is 0 Å². The van der Waals surface area contributed by atoms with E-state index in [9.17, 15) is 0 Å². The van der Waals surface area contributed by atoms with Crippen molar-refractivity contribution in [1.29, 1.82) is 0 Å². The highest BCUT2D eigenvalue weighted by Gasteiger charge is 2.53. The third-order valence-electron chi connectivity index (χ3n) is 4.60. The molecule has 6 aliphatic rings. The molecule has 6 rings (SSSR count). The van der Waals surface area contributed by atoms with Crippen LogP contribution in [0.3, 0.4) is 0 Å². The molecule has 0 atom stereocenters. The molecule has 0 saturated carbocycles. The van der Waals surface area contributed by atoms with Gasteiger partial charge in [-0.1, -0.05) is 0 Å². The lowest BCUT2D eigenvalue weighted by Gasteiger charge is -2.66. The first-order valence-electron chi connectivity index (χ1n) is 5.49. The van der Waals surface area contributed by atoms with E-state index >= 15 is 0 Å². The van der Waals surface area contributed by atoms with Gasteiger partial charge in [0.1, 0.15) is 0 Å². The Labute approximate surface area is 86.0 Å². The van der Waals surface area contributed by atoms with E-state index in [1.807, 2.05) is 0 Å². The Morgan fingerprint density at radius 1 is 0.571 bits per heavy atom. The number of hydrogen-bond donors (Lipinski definition) is 0. The minimum absolute atomic E-state index is 0.663. The lowest BCUT2D eigenvalue weighted by Crippen LogP contribution is -2.80. The molecule has 0 spiro atoms. The standard InChI is InChI=1S/C10H20N4/c1-11-7-5-9-13(3)10(14(9)4)6-8(11)12(7)2/h7-10H,5-6H2,1-4H3. The first-order chi connectivity index (χ1) is 6.61. The number of hydrogen-bond acceptors (Lipinski definition) is 4. The lowest BCUT2D eigenvalue weighted by molar-refractivity contribution is -0.257. The van der Waals surface area contributed by atoms with Gasteiger partial charge in [-0.2, -0.15) is 0 Å². The summed E-state index contributed by atoms with van der Waals surface area (Å²) >= 11 is 0. The van der Waals surface area contributed by atoms with Crippen LogP contribution >= 0.6 is 0 Å². The summed E-state index contributed by atoms with van der Waals surface area (Å²) in [7, 11) is 9.06. The first-order valence-corrected chi connectivity index (χ1v) is 5.49. The van der Waals surface area contributed by atoms with Crippen LogP contribution < -0.4 is 0 Å². The average Bonchev–Trinajstić information content (AvgIpc) is 2.14. The predicted molar refractivity (Wildman–Crippen MR) is 55.4 cm³/mol. The fourth-order valence-electron chi connectivity index (χ4n) is 3.51. The minimum Gasteiger partial charge on any atom is -0.275 e. The van der Waals surface area contributed by atoms with E-state index in [1.165, 1.54) is 12.8 Å². The van der Waals surface area contributed by atoms with Gasteiger partial charge in [0.25, 0.3) is 0 Å². The smallest absolute Gasteiger partial charge is 0.0671 e. The topological polar surface area (TPSA) is 13.0 Å². The van der Waals surface area contributed by atoms with Crippen LogP contribution in [0, 0.1) is 0 Å². The van der Waals surface area contributed by atoms with Crippen LogP contribution in [-0.4, -0.2) is 72.5 Å². The normalized spacial score (nSPS) is 50.6. The largest absolute Gasteiger partial charge is 0.275 e. The summed E-state index contributed by atoms with van der Waals surface area (Å²) in [5.74, 6) is 0. The van der Waals surface area contributed by atoms with Crippen molar-refractivity contribution >= 4 is 0 Å². The van der Waals surface area contributed by atoms with Crippen LogP contribution in [0.15, 0.2) is 0 Å². The molecule has 0 unspecified atom stereocenters. The molecule has 4 heteroatoms. The molecular weight excluding hydrogens is 176 g/mol. The quantitative estimate of drug-likeness (QED) is 0.533. The van der Waals surface area contributed by atoms with Gasteiger partial charge in [-0.25, -0.2) is 0 Å². The molecule has 4 nitrogen and oxygen atoms in total. The highest BCUT2D eigenvalue weighted by molar-refractivity contribution is 5.01. The molecular formula is C10H20N4. The minimum atomic E-state index is 0.663. The Bertz CT molecular complexity index is 191. The Morgan fingerprint density at radius 3 is 1.00 bits per heavy atom. The Kier molecular flexibility index (Phi) is 1.75. The molecule has 0 aliphatic carbocycles. The SMILES string of the molecule is CN1C2CC3N(C)C(CC1N2C)N3C. The third-order valence-corrected chi connectivity index (χ3v) is 4.60. The van der Waals surface area contributed by atoms with Crippen LogP contribution in [0.25, 0.3) is 0 Å². The van der Waals surface area contributed by atoms with Crippen molar-refractivity contribution in [3.8, 4) is 0 Å². The summed E-state index contributed by atoms with van der Waals surface area (Å²) in [5, 5.41) is 0. The highest BCUT2D eigenvalue weighted by Crippen LogP contribution is 2.41. The fourth-order valence-corrected chi connectivity index (χ4v) is 3.51. The molecule has 0 radical (unpaired) electrons. The maximum absolute atomic E-state index is 2.53. The van der Waals surface area contributed by atoms with E-state index in [-0.39, 0.29) is 0 Å². The van der Waals surface area contributed by atoms with Gasteiger partial charge in [0, 0.05) is 12.8 Å². The fraction of sp³-hybridized carbons (Fsp3) is 1.00. The highest BCUT2D eigenvalue weighted by atomic mass is 15.6. The van der Waals surface area contributed by atoms with Gasteiger partial charge in [-0.3, -0.25) is 19.6 Å². The summed E-state index contributed by atoms with van der Waals surface area (Å²) < 4.78 is 0. The Hall–Kier alpha value is -0.160. The molecule has 80 valence electrons. The lowest BCUT2D eigenvalue weighted by atomic mass is 9.94. The third kappa shape index (κ3) is 0.877. The van der Waals surface area contributed by atoms with E-state index in [0.29, 0.717) is 24.7 Å². The molecule has 14 heavy (non-hydrogen) atoms. The first kappa shape index (κ1) is 9.09. The van der Waals surface area contributed by atoms with Gasteiger partial charge in [0.2, 0.25) is 0 Å². The molecule has 6 fully saturated rings. The summed E-state index contributed by atoms with van der Waals surface area (Å²) in [6.45, 7) is 0. The molecule has 6 heterocycles. The van der Waals surface area contributed by atoms with Crippen molar-refractivity contribution in [2.24, 2.45) is 0 Å². The van der Waals surface area contributed by atoms with Gasteiger partial charge in [-0.15, -0.1) is 0 Å². The molecule has 6 aliphatic heterocycles. The second kappa shape index (κ2) is 2.70. The average molecular weight is 196 g/mol. The Balaban J connectivity index is 1.83. The molecule has 4 bridgehead atoms. The molecule has 0 N–H and O–H groups in total. The van der Waals surface area contributed by atoms with Crippen LogP contribution in [0.1, 0.15) is 12.8 Å². The molecule has 0 aromatic rings. The zero-order chi connectivity index (χ0) is 10.0. The molecule has 0 amide bonds. The predicted octanol–water partition coefficient (Wildman–Crippen LogP) is -0.161. The number of rotatable bonds is 0. The number of nitrogens with zero attached hydrogens (tertiary/aromatic N) is 4. The second-order valence-electron chi connectivity index (χ2n) is 5.06. The van der Waals surface area contributed by atoms with Crippen LogP contribution in [-0.2, 0) is 0 Å². The molecule has 0 aromatic heterocycles. The van der Waals surface area contributed by atoms with Crippen molar-refractivity contribution in [3.05, 3.63) is 0 Å². The van der Waals surface area contributed by atoms with Gasteiger partial charge in [0.05, 0.1) is 24.7 Å². The van der Waals surface area contributed by atoms with E-state index < -0.39 is 0 Å². The summed E-state index contributed by atoms with van der Waals surface area (Å²) in [4.78, 5) is 10.1. The van der Waals surface area contributed by atoms with Crippen LogP contribution in [0.5, 0.6) is 0 Å². The van der Waals surface area contributed by atoms with E-state index in [4.69, 9.17) is 0 Å². The summed E-state index contributed by atoms with van der Waals surface area (Å²) in [5.41, 5.74) is 0. The molecule has 6 saturated heterocycles. The second-order valence-corrected chi connectivity index (χ2v) is 5.06.